The number of ether oxygens (including phenoxy) is 2. The summed E-state index contributed by atoms with van der Waals surface area (Å²) < 4.78 is 36.2. The first-order valence-corrected chi connectivity index (χ1v) is 12.1. The van der Waals surface area contributed by atoms with Gasteiger partial charge in [0.15, 0.2) is 0 Å². The third-order valence-electron chi connectivity index (χ3n) is 5.18. The number of nitrogens with one attached hydrogen (secondary N) is 1. The van der Waals surface area contributed by atoms with Crippen LogP contribution in [0, 0.1) is 0 Å². The summed E-state index contributed by atoms with van der Waals surface area (Å²) in [5, 5.41) is 25.9. The summed E-state index contributed by atoms with van der Waals surface area (Å²) in [6, 6.07) is 11.6. The number of anilines is 1. The molecule has 178 valence electrons. The van der Waals surface area contributed by atoms with E-state index in [2.05, 4.69) is 9.82 Å². The molecule has 2 aromatic rings. The predicted octanol–water partition coefficient (Wildman–Crippen LogP) is 2.41. The molecule has 0 radical (unpaired) electrons. The van der Waals surface area contributed by atoms with Crippen LogP contribution in [0.15, 0.2) is 47.6 Å². The summed E-state index contributed by atoms with van der Waals surface area (Å²) in [5.74, 6) is 0.178. The highest BCUT2D eigenvalue weighted by Crippen LogP contribution is 2.40. The fourth-order valence-corrected chi connectivity index (χ4v) is 4.22. The van der Waals surface area contributed by atoms with Gasteiger partial charge in [-0.1, -0.05) is 12.1 Å². The molecule has 0 fully saturated rings. The minimum Gasteiger partial charge on any atom is -0.497 e. The van der Waals surface area contributed by atoms with Crippen LogP contribution in [0.2, 0.25) is 0 Å². The number of methoxy groups -OCH3 is 2. The second kappa shape index (κ2) is 10.1. The van der Waals surface area contributed by atoms with Gasteiger partial charge in [-0.3, -0.25) is 14.5 Å². The van der Waals surface area contributed by atoms with Gasteiger partial charge in [0.05, 0.1) is 32.2 Å². The predicted molar refractivity (Wildman–Crippen MR) is 123 cm³/mol. The molecule has 0 aliphatic carbocycles. The highest BCUT2D eigenvalue weighted by molar-refractivity contribution is 7.92. The fraction of sp³-hybridized carbons (Fsp3) is 0.364. The van der Waals surface area contributed by atoms with Crippen molar-refractivity contribution in [2.45, 2.75) is 31.5 Å². The number of rotatable bonds is 10. The lowest BCUT2D eigenvalue weighted by Crippen LogP contribution is -2.32. The molecule has 0 bridgehead atoms. The smallest absolute Gasteiger partial charge is 0.303 e. The standard InChI is InChI=1S/C22H27N3O7S/c1-31-16-8-9-20(32-2)17(12-16)19-13-18(23-25(19)21(26)10-11-22(27)28)14-4-6-15(7-5-14)24-33(3,29)30/h4-9,12,19,21,24,26H,10-11,13H2,1-3H3,(H,27,28). The number of hydrogen-bond donors (Lipinski definition) is 3. The third kappa shape index (κ3) is 6.14. The molecule has 10 nitrogen and oxygen atoms in total. The molecule has 2 unspecified atom stereocenters. The molecule has 0 saturated carbocycles. The van der Waals surface area contributed by atoms with Crippen LogP contribution in [0.3, 0.4) is 0 Å². The molecule has 0 aromatic heterocycles. The molecule has 2 aromatic carbocycles. The minimum absolute atomic E-state index is 0.00782. The highest BCUT2D eigenvalue weighted by atomic mass is 32.2. The molecular weight excluding hydrogens is 450 g/mol. The maximum Gasteiger partial charge on any atom is 0.303 e. The summed E-state index contributed by atoms with van der Waals surface area (Å²) in [4.78, 5) is 11.0. The van der Waals surface area contributed by atoms with Crippen molar-refractivity contribution in [1.82, 2.24) is 5.01 Å². The van der Waals surface area contributed by atoms with Crippen molar-refractivity contribution in [3.8, 4) is 11.5 Å². The van der Waals surface area contributed by atoms with Gasteiger partial charge in [-0.2, -0.15) is 5.10 Å². The van der Waals surface area contributed by atoms with E-state index in [0.717, 1.165) is 17.4 Å². The van der Waals surface area contributed by atoms with Gasteiger partial charge in [-0.15, -0.1) is 0 Å². The van der Waals surface area contributed by atoms with Crippen molar-refractivity contribution in [2.24, 2.45) is 5.10 Å². The van der Waals surface area contributed by atoms with Gasteiger partial charge in [0.1, 0.15) is 17.7 Å². The molecule has 33 heavy (non-hydrogen) atoms. The average Bonchev–Trinajstić information content (AvgIpc) is 3.21. The van der Waals surface area contributed by atoms with Gasteiger partial charge in [0, 0.05) is 30.5 Å². The van der Waals surface area contributed by atoms with Crippen molar-refractivity contribution in [3.05, 3.63) is 53.6 Å². The number of hydrazone groups is 1. The number of nitrogens with zero attached hydrogens (tertiary/aromatic N) is 2. The molecule has 2 atom stereocenters. The molecule has 1 aliphatic rings. The van der Waals surface area contributed by atoms with Crippen LogP contribution in [0.1, 0.15) is 36.4 Å². The third-order valence-corrected chi connectivity index (χ3v) is 5.79. The number of carboxylic acids is 1. The Bertz CT molecular complexity index is 1130. The van der Waals surface area contributed by atoms with Crippen LogP contribution in [-0.2, 0) is 14.8 Å². The van der Waals surface area contributed by atoms with Crippen molar-refractivity contribution in [3.63, 3.8) is 0 Å². The van der Waals surface area contributed by atoms with Crippen LogP contribution in [-0.4, -0.2) is 62.0 Å². The van der Waals surface area contributed by atoms with Gasteiger partial charge in [0.25, 0.3) is 0 Å². The zero-order valence-corrected chi connectivity index (χ0v) is 19.4. The van der Waals surface area contributed by atoms with Crippen LogP contribution >= 0.6 is 0 Å². The number of carboxylic acid groups (broad SMARTS) is 1. The zero-order chi connectivity index (χ0) is 24.2. The molecule has 3 rings (SSSR count). The maximum atomic E-state index is 11.4. The molecule has 1 aliphatic heterocycles. The Hall–Kier alpha value is -3.31. The lowest BCUT2D eigenvalue weighted by molar-refractivity contribution is -0.138. The number of benzene rings is 2. The van der Waals surface area contributed by atoms with Gasteiger partial charge in [-0.05, 0) is 35.9 Å². The molecule has 11 heteroatoms. The van der Waals surface area contributed by atoms with Gasteiger partial charge < -0.3 is 19.7 Å². The Labute approximate surface area is 192 Å². The largest absolute Gasteiger partial charge is 0.497 e. The molecule has 3 N–H and O–H groups in total. The summed E-state index contributed by atoms with van der Waals surface area (Å²) in [6.07, 6.45) is 0.130. The number of sulfonamides is 1. The van der Waals surface area contributed by atoms with E-state index in [-0.39, 0.29) is 12.8 Å². The van der Waals surface area contributed by atoms with E-state index in [4.69, 9.17) is 14.6 Å². The van der Waals surface area contributed by atoms with E-state index >= 15 is 0 Å². The van der Waals surface area contributed by atoms with Gasteiger partial charge in [-0.25, -0.2) is 8.42 Å². The lowest BCUT2D eigenvalue weighted by Gasteiger charge is -2.29. The Morgan fingerprint density at radius 2 is 1.91 bits per heavy atom. The number of aliphatic hydroxyl groups excluding tert-OH is 1. The van der Waals surface area contributed by atoms with Gasteiger partial charge >= 0.3 is 5.97 Å². The molecule has 0 saturated heterocycles. The van der Waals surface area contributed by atoms with Crippen LogP contribution in [0.5, 0.6) is 11.5 Å². The average molecular weight is 478 g/mol. The highest BCUT2D eigenvalue weighted by Gasteiger charge is 2.35. The lowest BCUT2D eigenvalue weighted by atomic mass is 9.97. The Morgan fingerprint density at radius 1 is 1.21 bits per heavy atom. The van der Waals surface area contributed by atoms with E-state index in [9.17, 15) is 18.3 Å². The second-order valence-corrected chi connectivity index (χ2v) is 9.37. The number of aliphatic carboxylic acids is 1. The number of aliphatic hydroxyl groups is 1. The first-order valence-electron chi connectivity index (χ1n) is 10.2. The normalized spacial score (nSPS) is 16.8. The second-order valence-electron chi connectivity index (χ2n) is 7.62. The fourth-order valence-electron chi connectivity index (χ4n) is 3.66. The summed E-state index contributed by atoms with van der Waals surface area (Å²) >= 11 is 0. The molecule has 0 spiro atoms. The van der Waals surface area contributed by atoms with E-state index in [1.165, 1.54) is 5.01 Å². The van der Waals surface area contributed by atoms with Gasteiger partial charge in [0.2, 0.25) is 10.0 Å². The van der Waals surface area contributed by atoms with E-state index in [1.54, 1.807) is 56.7 Å². The first kappa shape index (κ1) is 24.3. The van der Waals surface area contributed by atoms with Crippen LogP contribution in [0.4, 0.5) is 5.69 Å². The maximum absolute atomic E-state index is 11.4. The Balaban J connectivity index is 1.95. The van der Waals surface area contributed by atoms with Crippen molar-refractivity contribution in [1.29, 1.82) is 0 Å². The van der Waals surface area contributed by atoms with Crippen molar-refractivity contribution >= 4 is 27.4 Å². The quantitative estimate of drug-likeness (QED) is 0.474. The summed E-state index contributed by atoms with van der Waals surface area (Å²) in [6.45, 7) is 0. The number of carbonyl (C=O) groups is 1. The molecule has 0 amide bonds. The molecular formula is C22H27N3O7S. The SMILES string of the molecule is COc1ccc(OC)c(C2CC(c3ccc(NS(C)(=O)=O)cc3)=NN2C(O)CCC(=O)O)c1. The Kier molecular flexibility index (Phi) is 7.44. The summed E-state index contributed by atoms with van der Waals surface area (Å²) in [7, 11) is -0.305. The minimum atomic E-state index is -3.40. The van der Waals surface area contributed by atoms with Crippen molar-refractivity contribution in [2.75, 3.05) is 25.2 Å². The monoisotopic (exact) mass is 477 g/mol. The van der Waals surface area contributed by atoms with E-state index in [1.807, 2.05) is 0 Å². The van der Waals surface area contributed by atoms with E-state index < -0.39 is 28.3 Å². The summed E-state index contributed by atoms with van der Waals surface area (Å²) in [5.41, 5.74) is 2.56. The Morgan fingerprint density at radius 3 is 2.48 bits per heavy atom. The van der Waals surface area contributed by atoms with E-state index in [0.29, 0.717) is 29.3 Å². The van der Waals surface area contributed by atoms with Crippen LogP contribution in [0.25, 0.3) is 0 Å². The molecule has 1 heterocycles. The van der Waals surface area contributed by atoms with Crippen molar-refractivity contribution < 1.29 is 32.9 Å². The first-order chi connectivity index (χ1) is 15.6. The number of hydrogen-bond acceptors (Lipinski definition) is 8. The van der Waals surface area contributed by atoms with Crippen LogP contribution < -0.4 is 14.2 Å². The topological polar surface area (TPSA) is 138 Å². The zero-order valence-electron chi connectivity index (χ0n) is 18.6.